The largest absolute Gasteiger partial charge is 0.361 e. The summed E-state index contributed by atoms with van der Waals surface area (Å²) in [6.45, 7) is 6.04. The minimum Gasteiger partial charge on any atom is -0.361 e. The van der Waals surface area contributed by atoms with Gasteiger partial charge in [0.2, 0.25) is 0 Å². The van der Waals surface area contributed by atoms with Gasteiger partial charge in [-0.15, -0.1) is 0 Å². The first kappa shape index (κ1) is 14.6. The van der Waals surface area contributed by atoms with E-state index in [4.69, 9.17) is 0 Å². The average molecular weight is 273 g/mol. The second-order valence-electron chi connectivity index (χ2n) is 5.43. The fraction of sp³-hybridized carbons (Fsp3) is 0.438. The van der Waals surface area contributed by atoms with Crippen LogP contribution in [0.2, 0.25) is 0 Å². The number of hydrogen-bond acceptors (Lipinski definition) is 2. The summed E-state index contributed by atoms with van der Waals surface area (Å²) in [6, 6.07) is 8.23. The Kier molecular flexibility index (Phi) is 4.79. The van der Waals surface area contributed by atoms with Gasteiger partial charge < -0.3 is 15.2 Å². The molecule has 0 radical (unpaired) electrons. The molecule has 1 heterocycles. The van der Waals surface area contributed by atoms with Crippen molar-refractivity contribution in [1.82, 2.24) is 15.2 Å². The normalized spacial score (nSPS) is 11.4. The lowest BCUT2D eigenvalue weighted by molar-refractivity contribution is 0.0953. The molecule has 20 heavy (non-hydrogen) atoms. The molecule has 0 aliphatic rings. The molecule has 0 saturated carbocycles. The zero-order valence-corrected chi connectivity index (χ0v) is 12.4. The summed E-state index contributed by atoms with van der Waals surface area (Å²) in [6.07, 6.45) is 2.82. The molecular formula is C16H23N3O. The van der Waals surface area contributed by atoms with Crippen molar-refractivity contribution in [3.05, 3.63) is 36.0 Å². The lowest BCUT2D eigenvalue weighted by Gasteiger charge is -2.20. The fourth-order valence-corrected chi connectivity index (χ4v) is 2.17. The monoisotopic (exact) mass is 273 g/mol. The van der Waals surface area contributed by atoms with Gasteiger partial charge in [-0.25, -0.2) is 0 Å². The van der Waals surface area contributed by atoms with E-state index in [9.17, 15) is 4.79 Å². The van der Waals surface area contributed by atoms with Crippen LogP contribution < -0.4 is 5.32 Å². The van der Waals surface area contributed by atoms with E-state index in [2.05, 4.69) is 36.1 Å². The summed E-state index contributed by atoms with van der Waals surface area (Å²) in [5.41, 5.74) is 1.73. The minimum atomic E-state index is 0.00222. The highest BCUT2D eigenvalue weighted by molar-refractivity contribution is 6.06. The highest BCUT2D eigenvalue weighted by Gasteiger charge is 2.10. The maximum Gasteiger partial charge on any atom is 0.251 e. The van der Waals surface area contributed by atoms with Crippen molar-refractivity contribution >= 4 is 16.8 Å². The van der Waals surface area contributed by atoms with E-state index in [1.807, 2.05) is 30.5 Å². The van der Waals surface area contributed by atoms with Crippen LogP contribution in [0, 0.1) is 0 Å². The number of aromatic amines is 1. The van der Waals surface area contributed by atoms with Gasteiger partial charge in [-0.2, -0.15) is 0 Å². The van der Waals surface area contributed by atoms with Gasteiger partial charge in [0, 0.05) is 35.2 Å². The molecule has 0 fully saturated rings. The summed E-state index contributed by atoms with van der Waals surface area (Å²) < 4.78 is 0. The van der Waals surface area contributed by atoms with Gasteiger partial charge in [0.25, 0.3) is 5.91 Å². The number of aromatic nitrogens is 1. The van der Waals surface area contributed by atoms with Crippen molar-refractivity contribution in [2.45, 2.75) is 26.3 Å². The Morgan fingerprint density at radius 1 is 1.35 bits per heavy atom. The summed E-state index contributed by atoms with van der Waals surface area (Å²) >= 11 is 0. The second kappa shape index (κ2) is 6.57. The van der Waals surface area contributed by atoms with Crippen molar-refractivity contribution < 1.29 is 4.79 Å². The molecule has 2 rings (SSSR count). The number of nitrogens with one attached hydrogen (secondary N) is 2. The Morgan fingerprint density at radius 3 is 2.90 bits per heavy atom. The van der Waals surface area contributed by atoms with E-state index in [1.165, 1.54) is 0 Å². The first-order valence-corrected chi connectivity index (χ1v) is 7.14. The van der Waals surface area contributed by atoms with Gasteiger partial charge in [0.05, 0.1) is 0 Å². The molecule has 0 atom stereocenters. The molecule has 2 N–H and O–H groups in total. The van der Waals surface area contributed by atoms with Gasteiger partial charge in [0.15, 0.2) is 0 Å². The second-order valence-corrected chi connectivity index (χ2v) is 5.43. The highest BCUT2D eigenvalue weighted by atomic mass is 16.1. The van der Waals surface area contributed by atoms with Crippen molar-refractivity contribution in [3.63, 3.8) is 0 Å². The quantitative estimate of drug-likeness (QED) is 0.795. The summed E-state index contributed by atoms with van der Waals surface area (Å²) in [5, 5.41) is 3.97. The number of H-pyrrole nitrogens is 1. The Balaban J connectivity index is 1.88. The first-order valence-electron chi connectivity index (χ1n) is 7.14. The predicted octanol–water partition coefficient (Wildman–Crippen LogP) is 2.63. The third kappa shape index (κ3) is 3.39. The van der Waals surface area contributed by atoms with E-state index in [-0.39, 0.29) is 5.91 Å². The van der Waals surface area contributed by atoms with Gasteiger partial charge in [-0.3, -0.25) is 4.79 Å². The number of benzene rings is 1. The van der Waals surface area contributed by atoms with E-state index < -0.39 is 0 Å². The Hall–Kier alpha value is -1.81. The van der Waals surface area contributed by atoms with Gasteiger partial charge in [-0.1, -0.05) is 6.07 Å². The third-order valence-electron chi connectivity index (χ3n) is 3.69. The third-order valence-corrected chi connectivity index (χ3v) is 3.69. The molecule has 0 bridgehead atoms. The van der Waals surface area contributed by atoms with Gasteiger partial charge in [0.1, 0.15) is 0 Å². The highest BCUT2D eigenvalue weighted by Crippen LogP contribution is 2.17. The molecule has 0 saturated heterocycles. The standard InChI is InChI=1S/C16H23N3O/c1-12(2)19(3)11-5-9-18-16(20)14-6-4-7-15-13(14)8-10-17-15/h4,6-8,10,12,17H,5,9,11H2,1-3H3,(H,18,20). The summed E-state index contributed by atoms with van der Waals surface area (Å²) in [7, 11) is 2.10. The molecule has 0 unspecified atom stereocenters. The first-order chi connectivity index (χ1) is 9.59. The Bertz CT molecular complexity index is 574. The summed E-state index contributed by atoms with van der Waals surface area (Å²) in [4.78, 5) is 17.6. The van der Waals surface area contributed by atoms with Gasteiger partial charge in [-0.05, 0) is 52.1 Å². The number of rotatable bonds is 6. The topological polar surface area (TPSA) is 48.1 Å². The zero-order valence-electron chi connectivity index (χ0n) is 12.4. The average Bonchev–Trinajstić information content (AvgIpc) is 2.90. The van der Waals surface area contributed by atoms with Crippen LogP contribution in [0.1, 0.15) is 30.6 Å². The van der Waals surface area contributed by atoms with Crippen LogP contribution >= 0.6 is 0 Å². The van der Waals surface area contributed by atoms with Crippen LogP contribution in [0.5, 0.6) is 0 Å². The van der Waals surface area contributed by atoms with E-state index in [0.717, 1.165) is 29.4 Å². The fourth-order valence-electron chi connectivity index (χ4n) is 2.17. The zero-order chi connectivity index (χ0) is 14.5. The van der Waals surface area contributed by atoms with E-state index in [0.29, 0.717) is 12.6 Å². The number of carbonyl (C=O) groups is 1. The Morgan fingerprint density at radius 2 is 2.15 bits per heavy atom. The molecular weight excluding hydrogens is 250 g/mol. The molecule has 4 nitrogen and oxygen atoms in total. The summed E-state index contributed by atoms with van der Waals surface area (Å²) in [5.74, 6) is 0.00222. The van der Waals surface area contributed by atoms with Crippen molar-refractivity contribution in [2.24, 2.45) is 0 Å². The van der Waals surface area contributed by atoms with E-state index in [1.54, 1.807) is 0 Å². The smallest absolute Gasteiger partial charge is 0.251 e. The van der Waals surface area contributed by atoms with Crippen LogP contribution in [0.25, 0.3) is 10.9 Å². The molecule has 1 aromatic heterocycles. The Labute approximate surface area is 120 Å². The molecule has 0 aliphatic carbocycles. The van der Waals surface area contributed by atoms with Crippen LogP contribution in [-0.4, -0.2) is 42.0 Å². The predicted molar refractivity (Wildman–Crippen MR) is 83.0 cm³/mol. The number of nitrogens with zero attached hydrogens (tertiary/aromatic N) is 1. The molecule has 0 spiro atoms. The van der Waals surface area contributed by atoms with Crippen molar-refractivity contribution in [1.29, 1.82) is 0 Å². The van der Waals surface area contributed by atoms with Crippen molar-refractivity contribution in [2.75, 3.05) is 20.1 Å². The SMILES string of the molecule is CC(C)N(C)CCCNC(=O)c1cccc2[nH]ccc12. The molecule has 4 heteroatoms. The number of fused-ring (bicyclic) bond motifs is 1. The molecule has 108 valence electrons. The van der Waals surface area contributed by atoms with Crippen LogP contribution in [-0.2, 0) is 0 Å². The lowest BCUT2D eigenvalue weighted by Crippen LogP contribution is -2.31. The molecule has 2 aromatic rings. The minimum absolute atomic E-state index is 0.00222. The maximum atomic E-state index is 12.2. The van der Waals surface area contributed by atoms with E-state index >= 15 is 0 Å². The number of amides is 1. The lowest BCUT2D eigenvalue weighted by atomic mass is 10.1. The van der Waals surface area contributed by atoms with Crippen LogP contribution in [0.15, 0.2) is 30.5 Å². The van der Waals surface area contributed by atoms with Gasteiger partial charge >= 0.3 is 0 Å². The molecule has 1 amide bonds. The number of hydrogen-bond donors (Lipinski definition) is 2. The molecule has 0 aliphatic heterocycles. The molecule has 1 aromatic carbocycles. The number of carbonyl (C=O) groups excluding carboxylic acids is 1. The maximum absolute atomic E-state index is 12.2. The van der Waals surface area contributed by atoms with Crippen LogP contribution in [0.4, 0.5) is 0 Å². The van der Waals surface area contributed by atoms with Crippen molar-refractivity contribution in [3.8, 4) is 0 Å². The van der Waals surface area contributed by atoms with Crippen LogP contribution in [0.3, 0.4) is 0 Å².